The third-order valence-electron chi connectivity index (χ3n) is 10.7. The summed E-state index contributed by atoms with van der Waals surface area (Å²) >= 11 is 1.83. The van der Waals surface area contributed by atoms with Crippen LogP contribution in [0.4, 0.5) is 0 Å². The molecule has 256 valence electrons. The number of nitrogens with zero attached hydrogens (tertiary/aromatic N) is 3. The Morgan fingerprint density at radius 1 is 0.309 bits per heavy atom. The predicted molar refractivity (Wildman–Crippen MR) is 232 cm³/mol. The van der Waals surface area contributed by atoms with Crippen LogP contribution in [0.3, 0.4) is 0 Å². The van der Waals surface area contributed by atoms with E-state index in [1.807, 2.05) is 11.3 Å². The van der Waals surface area contributed by atoms with Gasteiger partial charge < -0.3 is 0 Å². The molecule has 0 amide bonds. The molecule has 2 aromatic heterocycles. The Labute approximate surface area is 321 Å². The molecule has 4 heteroatoms. The molecule has 0 N–H and O–H groups in total. The van der Waals surface area contributed by atoms with Gasteiger partial charge in [-0.2, -0.15) is 0 Å². The molecule has 0 radical (unpaired) electrons. The summed E-state index contributed by atoms with van der Waals surface area (Å²) in [6.45, 7) is 0. The number of hydrogen-bond donors (Lipinski definition) is 0. The van der Waals surface area contributed by atoms with Crippen molar-refractivity contribution < 1.29 is 0 Å². The van der Waals surface area contributed by atoms with Crippen molar-refractivity contribution in [1.82, 2.24) is 15.0 Å². The average Bonchev–Trinajstić information content (AvgIpc) is 3.66. The van der Waals surface area contributed by atoms with Crippen LogP contribution in [0.15, 0.2) is 188 Å². The Morgan fingerprint density at radius 3 is 1.78 bits per heavy atom. The van der Waals surface area contributed by atoms with Crippen LogP contribution in [-0.2, 0) is 0 Å². The Hall–Kier alpha value is -7.01. The summed E-state index contributed by atoms with van der Waals surface area (Å²) in [5.74, 6) is 1.95. The van der Waals surface area contributed by atoms with Gasteiger partial charge in [-0.25, -0.2) is 15.0 Å². The van der Waals surface area contributed by atoms with Crippen molar-refractivity contribution in [1.29, 1.82) is 0 Å². The number of hydrogen-bond acceptors (Lipinski definition) is 4. The van der Waals surface area contributed by atoms with E-state index < -0.39 is 0 Å². The predicted octanol–water partition coefficient (Wildman–Crippen LogP) is 14.0. The zero-order valence-corrected chi connectivity index (χ0v) is 30.5. The van der Waals surface area contributed by atoms with Gasteiger partial charge in [0.25, 0.3) is 0 Å². The van der Waals surface area contributed by atoms with E-state index in [1.54, 1.807) is 0 Å². The van der Waals surface area contributed by atoms with Gasteiger partial charge in [0.05, 0.1) is 0 Å². The highest BCUT2D eigenvalue weighted by Gasteiger charge is 2.19. The van der Waals surface area contributed by atoms with Gasteiger partial charge in [-0.1, -0.05) is 158 Å². The molecule has 0 unspecified atom stereocenters. The minimum atomic E-state index is 0.639. The van der Waals surface area contributed by atoms with Crippen molar-refractivity contribution in [2.45, 2.75) is 0 Å². The highest BCUT2D eigenvalue weighted by Crippen LogP contribution is 2.43. The third-order valence-corrected chi connectivity index (χ3v) is 11.9. The highest BCUT2D eigenvalue weighted by atomic mass is 32.1. The lowest BCUT2D eigenvalue weighted by molar-refractivity contribution is 1.08. The van der Waals surface area contributed by atoms with Crippen molar-refractivity contribution in [3.8, 4) is 56.4 Å². The molecule has 0 aliphatic carbocycles. The van der Waals surface area contributed by atoms with Gasteiger partial charge in [0.1, 0.15) is 0 Å². The zero-order chi connectivity index (χ0) is 36.3. The summed E-state index contributed by atoms with van der Waals surface area (Å²) in [4.78, 5) is 15.8. The van der Waals surface area contributed by atoms with Crippen LogP contribution in [0.25, 0.3) is 109 Å². The number of rotatable bonds is 5. The molecule has 0 atom stereocenters. The number of fused-ring (bicyclic) bond motifs is 7. The van der Waals surface area contributed by atoms with Crippen molar-refractivity contribution in [2.24, 2.45) is 0 Å². The van der Waals surface area contributed by atoms with E-state index in [0.717, 1.165) is 27.6 Å². The van der Waals surface area contributed by atoms with Crippen LogP contribution in [0.1, 0.15) is 0 Å². The van der Waals surface area contributed by atoms with E-state index in [2.05, 4.69) is 188 Å². The Kier molecular flexibility index (Phi) is 7.35. The zero-order valence-electron chi connectivity index (χ0n) is 29.6. The first-order valence-electron chi connectivity index (χ1n) is 18.5. The molecule has 0 saturated carbocycles. The SMILES string of the molecule is c1ccc(-c2cc(-c3cccc(-c4nc(-c5ccc6ccccc6c5)nc(-c5cccc6sc7c8ccccc8ccc7c56)n4)c3)c3ccccc3c2)cc1. The van der Waals surface area contributed by atoms with Crippen molar-refractivity contribution in [2.75, 3.05) is 0 Å². The van der Waals surface area contributed by atoms with Crippen LogP contribution < -0.4 is 0 Å². The molecular weight excluding hydrogens is 687 g/mol. The summed E-state index contributed by atoms with van der Waals surface area (Å²) < 4.78 is 2.49. The number of thiophene rings is 1. The fraction of sp³-hybridized carbons (Fsp3) is 0. The number of benzene rings is 9. The summed E-state index contributed by atoms with van der Waals surface area (Å²) in [6.07, 6.45) is 0. The fourth-order valence-corrected chi connectivity index (χ4v) is 9.26. The Morgan fingerprint density at radius 2 is 0.927 bits per heavy atom. The lowest BCUT2D eigenvalue weighted by atomic mass is 9.92. The first-order chi connectivity index (χ1) is 27.2. The summed E-state index contributed by atoms with van der Waals surface area (Å²) in [5.41, 5.74) is 7.55. The van der Waals surface area contributed by atoms with Crippen molar-refractivity contribution in [3.05, 3.63) is 188 Å². The molecule has 9 aromatic carbocycles. The molecule has 55 heavy (non-hydrogen) atoms. The Bertz CT molecular complexity index is 3270. The fourth-order valence-electron chi connectivity index (χ4n) is 8.00. The standard InChI is InChI=1S/C51H31N3S/c1-2-12-32(13-3-1)40-30-36-17-7-8-20-41(36)45(31-40)37-18-10-19-38(29-37)49-52-50(39-25-24-33-14-4-5-16-35(33)28-39)54-51(53-49)44-22-11-23-46-47(44)43-27-26-34-15-6-9-21-42(34)48(43)55-46/h1-31H. The summed E-state index contributed by atoms with van der Waals surface area (Å²) in [7, 11) is 0. The highest BCUT2D eigenvalue weighted by molar-refractivity contribution is 7.26. The maximum Gasteiger partial charge on any atom is 0.164 e. The summed E-state index contributed by atoms with van der Waals surface area (Å²) in [5, 5.41) is 9.63. The molecule has 0 aliphatic rings. The van der Waals surface area contributed by atoms with Crippen LogP contribution in [0.5, 0.6) is 0 Å². The third kappa shape index (κ3) is 5.46. The lowest BCUT2D eigenvalue weighted by Gasteiger charge is -2.13. The van der Waals surface area contributed by atoms with Crippen LogP contribution in [0, 0.1) is 0 Å². The normalized spacial score (nSPS) is 11.6. The molecule has 0 spiro atoms. The van der Waals surface area contributed by atoms with E-state index in [4.69, 9.17) is 15.0 Å². The topological polar surface area (TPSA) is 38.7 Å². The van der Waals surface area contributed by atoms with E-state index in [9.17, 15) is 0 Å². The smallest absolute Gasteiger partial charge is 0.164 e. The van der Waals surface area contributed by atoms with Crippen LogP contribution in [-0.4, -0.2) is 15.0 Å². The first-order valence-corrected chi connectivity index (χ1v) is 19.3. The van der Waals surface area contributed by atoms with Crippen LogP contribution >= 0.6 is 11.3 Å². The van der Waals surface area contributed by atoms with E-state index in [1.165, 1.54) is 63.8 Å². The second kappa shape index (κ2) is 12.8. The average molecular weight is 718 g/mol. The molecule has 11 aromatic rings. The maximum atomic E-state index is 5.31. The van der Waals surface area contributed by atoms with Gasteiger partial charge in [0.15, 0.2) is 17.5 Å². The van der Waals surface area contributed by atoms with Gasteiger partial charge >= 0.3 is 0 Å². The van der Waals surface area contributed by atoms with Gasteiger partial charge in [-0.05, 0) is 84.9 Å². The Balaban J connectivity index is 1.13. The minimum Gasteiger partial charge on any atom is -0.208 e. The second-order valence-electron chi connectivity index (χ2n) is 14.0. The van der Waals surface area contributed by atoms with E-state index >= 15 is 0 Å². The minimum absolute atomic E-state index is 0.639. The molecule has 11 rings (SSSR count). The van der Waals surface area contributed by atoms with Crippen molar-refractivity contribution >= 4 is 63.8 Å². The monoisotopic (exact) mass is 717 g/mol. The van der Waals surface area contributed by atoms with Gasteiger partial charge in [-0.3, -0.25) is 0 Å². The van der Waals surface area contributed by atoms with Gasteiger partial charge in [-0.15, -0.1) is 11.3 Å². The van der Waals surface area contributed by atoms with Crippen molar-refractivity contribution in [3.63, 3.8) is 0 Å². The lowest BCUT2D eigenvalue weighted by Crippen LogP contribution is -2.00. The van der Waals surface area contributed by atoms with Gasteiger partial charge in [0, 0.05) is 36.9 Å². The van der Waals surface area contributed by atoms with Gasteiger partial charge in [0.2, 0.25) is 0 Å². The molecule has 0 bridgehead atoms. The molecule has 0 saturated heterocycles. The number of aromatic nitrogens is 3. The van der Waals surface area contributed by atoms with E-state index in [-0.39, 0.29) is 0 Å². The molecule has 2 heterocycles. The molecule has 3 nitrogen and oxygen atoms in total. The molecular formula is C51H31N3S. The maximum absolute atomic E-state index is 5.31. The summed E-state index contributed by atoms with van der Waals surface area (Å²) in [6, 6.07) is 66.9. The quantitative estimate of drug-likeness (QED) is 0.178. The van der Waals surface area contributed by atoms with E-state index in [0.29, 0.717) is 17.5 Å². The largest absolute Gasteiger partial charge is 0.208 e. The first kappa shape index (κ1) is 31.5. The van der Waals surface area contributed by atoms with Crippen LogP contribution in [0.2, 0.25) is 0 Å². The molecule has 0 aliphatic heterocycles. The second-order valence-corrected chi connectivity index (χ2v) is 15.1. The molecule has 0 fully saturated rings.